The maximum absolute atomic E-state index is 10.2. The van der Waals surface area contributed by atoms with Crippen LogP contribution < -0.4 is 5.73 Å². The standard InChI is InChI=1S/C14H22N2OS/c1-10-7-16(8-11(2)18-10)9-14(17)12-3-5-13(15)6-4-12/h3-6,10-11,14,17H,7-9,15H2,1-2H3. The zero-order valence-corrected chi connectivity index (χ0v) is 11.9. The molecule has 100 valence electrons. The summed E-state index contributed by atoms with van der Waals surface area (Å²) in [5.74, 6) is 0. The first kappa shape index (κ1) is 13.7. The topological polar surface area (TPSA) is 49.5 Å². The van der Waals surface area contributed by atoms with E-state index in [1.807, 2.05) is 36.0 Å². The van der Waals surface area contributed by atoms with Gasteiger partial charge in [0.05, 0.1) is 6.10 Å². The normalized spacial score (nSPS) is 27.1. The van der Waals surface area contributed by atoms with Crippen LogP contribution in [0.5, 0.6) is 0 Å². The lowest BCUT2D eigenvalue weighted by atomic mass is 10.1. The highest BCUT2D eigenvalue weighted by Crippen LogP contribution is 2.26. The Morgan fingerprint density at radius 2 is 1.83 bits per heavy atom. The summed E-state index contributed by atoms with van der Waals surface area (Å²) in [5, 5.41) is 11.5. The van der Waals surface area contributed by atoms with Gasteiger partial charge in [0.2, 0.25) is 0 Å². The Morgan fingerprint density at radius 1 is 1.28 bits per heavy atom. The van der Waals surface area contributed by atoms with Crippen molar-refractivity contribution in [2.24, 2.45) is 0 Å². The fraction of sp³-hybridized carbons (Fsp3) is 0.571. The Kier molecular flexibility index (Phi) is 4.54. The van der Waals surface area contributed by atoms with Crippen LogP contribution in [0.2, 0.25) is 0 Å². The second kappa shape index (κ2) is 5.95. The van der Waals surface area contributed by atoms with E-state index in [4.69, 9.17) is 5.73 Å². The van der Waals surface area contributed by atoms with E-state index < -0.39 is 6.10 Å². The van der Waals surface area contributed by atoms with Crippen molar-refractivity contribution in [1.82, 2.24) is 4.90 Å². The molecule has 3 nitrogen and oxygen atoms in total. The number of nitrogens with zero attached hydrogens (tertiary/aromatic N) is 1. The van der Waals surface area contributed by atoms with Crippen LogP contribution in [0.1, 0.15) is 25.5 Å². The van der Waals surface area contributed by atoms with Gasteiger partial charge in [-0.2, -0.15) is 11.8 Å². The molecule has 1 aliphatic heterocycles. The molecular weight excluding hydrogens is 244 g/mol. The minimum atomic E-state index is -0.423. The molecule has 1 aromatic rings. The fourth-order valence-corrected chi connectivity index (χ4v) is 3.89. The largest absolute Gasteiger partial charge is 0.399 e. The molecule has 0 spiro atoms. The number of anilines is 1. The first-order chi connectivity index (χ1) is 8.54. The molecule has 0 bridgehead atoms. The highest BCUT2D eigenvalue weighted by molar-refractivity contribution is 8.00. The van der Waals surface area contributed by atoms with Crippen molar-refractivity contribution in [3.63, 3.8) is 0 Å². The second-order valence-electron chi connectivity index (χ2n) is 5.16. The van der Waals surface area contributed by atoms with Gasteiger partial charge in [-0.25, -0.2) is 0 Å². The highest BCUT2D eigenvalue weighted by Gasteiger charge is 2.24. The molecule has 0 amide bonds. The van der Waals surface area contributed by atoms with Crippen LogP contribution >= 0.6 is 11.8 Å². The summed E-state index contributed by atoms with van der Waals surface area (Å²) in [5.41, 5.74) is 7.34. The Morgan fingerprint density at radius 3 is 2.39 bits per heavy atom. The molecule has 3 atom stereocenters. The SMILES string of the molecule is CC1CN(CC(O)c2ccc(N)cc2)CC(C)S1. The summed E-state index contributed by atoms with van der Waals surface area (Å²) in [6.07, 6.45) is -0.423. The number of β-amino-alcohol motifs (C(OH)–C–C–N with tert-alkyl or cyclic N) is 1. The molecule has 0 aromatic heterocycles. The van der Waals surface area contributed by atoms with E-state index in [0.717, 1.165) is 24.3 Å². The molecule has 0 radical (unpaired) electrons. The van der Waals surface area contributed by atoms with E-state index in [1.165, 1.54) is 0 Å². The lowest BCUT2D eigenvalue weighted by Gasteiger charge is -2.35. The Balaban J connectivity index is 1.94. The summed E-state index contributed by atoms with van der Waals surface area (Å²) in [4.78, 5) is 2.35. The monoisotopic (exact) mass is 266 g/mol. The molecule has 1 aromatic carbocycles. The van der Waals surface area contributed by atoms with Crippen LogP contribution in [-0.4, -0.2) is 40.1 Å². The van der Waals surface area contributed by atoms with Gasteiger partial charge in [0, 0.05) is 35.8 Å². The van der Waals surface area contributed by atoms with Crippen LogP contribution in [0.3, 0.4) is 0 Å². The van der Waals surface area contributed by atoms with E-state index in [-0.39, 0.29) is 0 Å². The van der Waals surface area contributed by atoms with E-state index in [2.05, 4.69) is 18.7 Å². The molecule has 1 fully saturated rings. The molecule has 4 heteroatoms. The van der Waals surface area contributed by atoms with Crippen molar-refractivity contribution in [3.05, 3.63) is 29.8 Å². The van der Waals surface area contributed by atoms with E-state index in [1.54, 1.807) is 0 Å². The molecule has 3 N–H and O–H groups in total. The maximum atomic E-state index is 10.2. The smallest absolute Gasteiger partial charge is 0.0916 e. The van der Waals surface area contributed by atoms with Crippen molar-refractivity contribution in [2.45, 2.75) is 30.5 Å². The fourth-order valence-electron chi connectivity index (χ4n) is 2.50. The third-order valence-corrected chi connectivity index (χ3v) is 4.47. The predicted molar refractivity (Wildman–Crippen MR) is 78.8 cm³/mol. The number of hydrogen-bond acceptors (Lipinski definition) is 4. The van der Waals surface area contributed by atoms with Crippen LogP contribution in [0.25, 0.3) is 0 Å². The minimum absolute atomic E-state index is 0.423. The van der Waals surface area contributed by atoms with E-state index in [0.29, 0.717) is 17.0 Å². The first-order valence-electron chi connectivity index (χ1n) is 6.46. The number of nitrogen functional groups attached to an aromatic ring is 1. The number of rotatable bonds is 3. The van der Waals surface area contributed by atoms with E-state index >= 15 is 0 Å². The van der Waals surface area contributed by atoms with Gasteiger partial charge in [0.15, 0.2) is 0 Å². The number of hydrogen-bond donors (Lipinski definition) is 2. The van der Waals surface area contributed by atoms with Gasteiger partial charge in [-0.1, -0.05) is 26.0 Å². The number of aliphatic hydroxyl groups excluding tert-OH is 1. The zero-order valence-electron chi connectivity index (χ0n) is 11.0. The van der Waals surface area contributed by atoms with Crippen LogP contribution in [0.4, 0.5) is 5.69 Å². The van der Waals surface area contributed by atoms with Gasteiger partial charge in [-0.05, 0) is 17.7 Å². The summed E-state index contributed by atoms with van der Waals surface area (Å²) in [7, 11) is 0. The minimum Gasteiger partial charge on any atom is -0.399 e. The van der Waals surface area contributed by atoms with Crippen LogP contribution in [0, 0.1) is 0 Å². The predicted octanol–water partition coefficient (Wildman–Crippen LogP) is 2.13. The molecule has 0 saturated carbocycles. The van der Waals surface area contributed by atoms with Crippen molar-refractivity contribution in [3.8, 4) is 0 Å². The summed E-state index contributed by atoms with van der Waals surface area (Å²) >= 11 is 2.03. The second-order valence-corrected chi connectivity index (χ2v) is 7.04. The molecule has 2 rings (SSSR count). The molecule has 3 unspecified atom stereocenters. The number of aliphatic hydroxyl groups is 1. The van der Waals surface area contributed by atoms with Gasteiger partial charge in [-0.15, -0.1) is 0 Å². The highest BCUT2D eigenvalue weighted by atomic mass is 32.2. The average Bonchev–Trinajstić information content (AvgIpc) is 2.28. The first-order valence-corrected chi connectivity index (χ1v) is 7.40. The number of benzene rings is 1. The number of nitrogens with two attached hydrogens (primary N) is 1. The van der Waals surface area contributed by atoms with E-state index in [9.17, 15) is 5.11 Å². The lowest BCUT2D eigenvalue weighted by molar-refractivity contribution is 0.112. The molecule has 1 heterocycles. The third-order valence-electron chi connectivity index (χ3n) is 3.25. The van der Waals surface area contributed by atoms with Gasteiger partial charge in [0.1, 0.15) is 0 Å². The quantitative estimate of drug-likeness (QED) is 0.823. The van der Waals surface area contributed by atoms with Gasteiger partial charge in [0.25, 0.3) is 0 Å². The Labute approximate surface area is 113 Å². The number of thioether (sulfide) groups is 1. The van der Waals surface area contributed by atoms with Gasteiger partial charge < -0.3 is 10.8 Å². The third kappa shape index (κ3) is 3.64. The summed E-state index contributed by atoms with van der Waals surface area (Å²) in [6.45, 7) is 7.33. The van der Waals surface area contributed by atoms with Crippen molar-refractivity contribution in [1.29, 1.82) is 0 Å². The lowest BCUT2D eigenvalue weighted by Crippen LogP contribution is -2.42. The molecule has 1 saturated heterocycles. The molecule has 1 aliphatic rings. The molecule has 18 heavy (non-hydrogen) atoms. The van der Waals surface area contributed by atoms with Crippen molar-refractivity contribution in [2.75, 3.05) is 25.4 Å². The summed E-state index contributed by atoms with van der Waals surface area (Å²) in [6, 6.07) is 7.50. The Bertz CT molecular complexity index is 372. The van der Waals surface area contributed by atoms with Gasteiger partial charge >= 0.3 is 0 Å². The molecule has 0 aliphatic carbocycles. The summed E-state index contributed by atoms with van der Waals surface area (Å²) < 4.78 is 0. The Hall–Kier alpha value is -0.710. The van der Waals surface area contributed by atoms with Gasteiger partial charge in [-0.3, -0.25) is 4.90 Å². The van der Waals surface area contributed by atoms with Crippen molar-refractivity contribution >= 4 is 17.4 Å². The van der Waals surface area contributed by atoms with Crippen molar-refractivity contribution < 1.29 is 5.11 Å². The maximum Gasteiger partial charge on any atom is 0.0916 e. The molecular formula is C14H22N2OS. The van der Waals surface area contributed by atoms with Crippen LogP contribution in [-0.2, 0) is 0 Å². The zero-order chi connectivity index (χ0) is 13.1. The average molecular weight is 266 g/mol. The van der Waals surface area contributed by atoms with Crippen LogP contribution in [0.15, 0.2) is 24.3 Å².